The Labute approximate surface area is 110 Å². The number of alkyl halides is 3. The highest BCUT2D eigenvalue weighted by atomic mass is 32.2. The van der Waals surface area contributed by atoms with Gasteiger partial charge in [-0.15, -0.1) is 0 Å². The molecule has 0 aromatic heterocycles. The highest BCUT2D eigenvalue weighted by molar-refractivity contribution is 7.88. The molecule has 1 aliphatic rings. The van der Waals surface area contributed by atoms with Crippen molar-refractivity contribution in [2.75, 3.05) is 12.8 Å². The van der Waals surface area contributed by atoms with Gasteiger partial charge in [0.05, 0.1) is 11.8 Å². The summed E-state index contributed by atoms with van der Waals surface area (Å²) in [5.74, 6) is 0. The molecule has 1 saturated heterocycles. The zero-order valence-electron chi connectivity index (χ0n) is 10.3. The first kappa shape index (κ1) is 14.3. The van der Waals surface area contributed by atoms with Gasteiger partial charge in [-0.1, -0.05) is 12.1 Å². The fraction of sp³-hybridized carbons (Fsp3) is 0.500. The van der Waals surface area contributed by atoms with Gasteiger partial charge in [0.1, 0.15) is 0 Å². The number of hydrogen-bond acceptors (Lipinski definition) is 2. The molecule has 19 heavy (non-hydrogen) atoms. The van der Waals surface area contributed by atoms with Crippen LogP contribution in [0.25, 0.3) is 0 Å². The molecule has 3 nitrogen and oxygen atoms in total. The highest BCUT2D eigenvalue weighted by Gasteiger charge is 2.34. The Balaban J connectivity index is 2.28. The van der Waals surface area contributed by atoms with Crippen molar-refractivity contribution in [3.8, 4) is 0 Å². The van der Waals surface area contributed by atoms with E-state index < -0.39 is 21.8 Å². The first-order valence-corrected chi connectivity index (χ1v) is 7.68. The maximum atomic E-state index is 12.5. The van der Waals surface area contributed by atoms with Crippen LogP contribution in [-0.2, 0) is 16.2 Å². The molecule has 1 aliphatic heterocycles. The van der Waals surface area contributed by atoms with Gasteiger partial charge in [0.25, 0.3) is 0 Å². The van der Waals surface area contributed by atoms with Crippen molar-refractivity contribution < 1.29 is 21.6 Å². The fourth-order valence-electron chi connectivity index (χ4n) is 2.36. The van der Waals surface area contributed by atoms with Crippen LogP contribution in [0.3, 0.4) is 0 Å². The van der Waals surface area contributed by atoms with Crippen molar-refractivity contribution in [2.45, 2.75) is 25.1 Å². The van der Waals surface area contributed by atoms with E-state index in [4.69, 9.17) is 0 Å². The minimum atomic E-state index is -4.37. The lowest BCUT2D eigenvalue weighted by atomic mass is 10.0. The van der Waals surface area contributed by atoms with Crippen molar-refractivity contribution >= 4 is 10.0 Å². The number of halogens is 3. The Kier molecular flexibility index (Phi) is 3.61. The van der Waals surface area contributed by atoms with Crippen molar-refractivity contribution in [3.05, 3.63) is 35.4 Å². The SMILES string of the molecule is CS(=O)(=O)N1CCCC1c1ccc(C(F)(F)F)cc1. The summed E-state index contributed by atoms with van der Waals surface area (Å²) in [5.41, 5.74) is -0.115. The van der Waals surface area contributed by atoms with Crippen LogP contribution in [0.4, 0.5) is 13.2 Å². The van der Waals surface area contributed by atoms with Gasteiger partial charge < -0.3 is 0 Å². The number of benzene rings is 1. The van der Waals surface area contributed by atoms with Crippen molar-refractivity contribution in [2.24, 2.45) is 0 Å². The molecule has 0 spiro atoms. The van der Waals surface area contributed by atoms with Crippen LogP contribution < -0.4 is 0 Å². The third-order valence-corrected chi connectivity index (χ3v) is 4.54. The van der Waals surface area contributed by atoms with Gasteiger partial charge in [-0.25, -0.2) is 8.42 Å². The van der Waals surface area contributed by atoms with E-state index >= 15 is 0 Å². The Morgan fingerprint density at radius 3 is 2.26 bits per heavy atom. The molecule has 1 fully saturated rings. The Bertz CT molecular complexity index is 551. The molecule has 0 aliphatic carbocycles. The second-order valence-electron chi connectivity index (χ2n) is 4.65. The number of nitrogens with zero attached hydrogens (tertiary/aromatic N) is 1. The standard InChI is InChI=1S/C12H14F3NO2S/c1-19(17,18)16-8-2-3-11(16)9-4-6-10(7-5-9)12(13,14)15/h4-7,11H,2-3,8H2,1H3. The number of rotatable bonds is 2. The molecule has 0 bridgehead atoms. The predicted octanol–water partition coefficient (Wildman–Crippen LogP) is 2.80. The van der Waals surface area contributed by atoms with Gasteiger partial charge in [0, 0.05) is 12.6 Å². The first-order valence-electron chi connectivity index (χ1n) is 5.83. The van der Waals surface area contributed by atoms with Crippen molar-refractivity contribution in [3.63, 3.8) is 0 Å². The van der Waals surface area contributed by atoms with E-state index in [2.05, 4.69) is 0 Å². The van der Waals surface area contributed by atoms with Crippen molar-refractivity contribution in [1.29, 1.82) is 0 Å². The Morgan fingerprint density at radius 1 is 1.21 bits per heavy atom. The second kappa shape index (κ2) is 4.79. The maximum Gasteiger partial charge on any atom is 0.416 e. The topological polar surface area (TPSA) is 37.4 Å². The van der Waals surface area contributed by atoms with Crippen LogP contribution in [-0.4, -0.2) is 25.5 Å². The molecule has 0 N–H and O–H groups in total. The molecule has 0 saturated carbocycles. The summed E-state index contributed by atoms with van der Waals surface area (Å²) in [5, 5.41) is 0. The lowest BCUT2D eigenvalue weighted by Crippen LogP contribution is -2.29. The fourth-order valence-corrected chi connectivity index (χ4v) is 3.51. The van der Waals surface area contributed by atoms with Crippen LogP contribution in [0.5, 0.6) is 0 Å². The minimum Gasteiger partial charge on any atom is -0.212 e. The molecule has 1 aromatic carbocycles. The van der Waals surface area contributed by atoms with E-state index in [1.54, 1.807) is 0 Å². The van der Waals surface area contributed by atoms with E-state index in [9.17, 15) is 21.6 Å². The Hall–Kier alpha value is -1.08. The normalized spacial score (nSPS) is 21.8. The van der Waals surface area contributed by atoms with Crippen LogP contribution in [0.2, 0.25) is 0 Å². The number of hydrogen-bond donors (Lipinski definition) is 0. The lowest BCUT2D eigenvalue weighted by molar-refractivity contribution is -0.137. The van der Waals surface area contributed by atoms with Crippen LogP contribution in [0.1, 0.15) is 30.0 Å². The molecule has 0 radical (unpaired) electrons. The summed E-state index contributed by atoms with van der Waals surface area (Å²) in [6, 6.07) is 4.35. The predicted molar refractivity (Wildman–Crippen MR) is 65.0 cm³/mol. The molecule has 1 aromatic rings. The van der Waals surface area contributed by atoms with Crippen molar-refractivity contribution in [1.82, 2.24) is 4.31 Å². The summed E-state index contributed by atoms with van der Waals surface area (Å²) < 4.78 is 61.9. The Morgan fingerprint density at radius 2 is 1.79 bits per heavy atom. The van der Waals surface area contributed by atoms with Gasteiger partial charge in [-0.05, 0) is 30.5 Å². The van der Waals surface area contributed by atoms with Gasteiger partial charge in [-0.3, -0.25) is 0 Å². The minimum absolute atomic E-state index is 0.350. The van der Waals surface area contributed by atoms with E-state index in [-0.39, 0.29) is 6.04 Å². The summed E-state index contributed by atoms with van der Waals surface area (Å²) in [6.07, 6.45) is -1.89. The summed E-state index contributed by atoms with van der Waals surface area (Å²) in [7, 11) is -3.33. The zero-order valence-corrected chi connectivity index (χ0v) is 11.1. The van der Waals surface area contributed by atoms with Crippen LogP contribution in [0, 0.1) is 0 Å². The van der Waals surface area contributed by atoms with Gasteiger partial charge in [0.2, 0.25) is 10.0 Å². The molecule has 7 heteroatoms. The molecular formula is C12H14F3NO2S. The molecular weight excluding hydrogens is 279 g/mol. The highest BCUT2D eigenvalue weighted by Crippen LogP contribution is 2.35. The molecule has 106 valence electrons. The molecule has 1 heterocycles. The first-order chi connectivity index (χ1) is 8.69. The maximum absolute atomic E-state index is 12.5. The zero-order chi connectivity index (χ0) is 14.3. The third-order valence-electron chi connectivity index (χ3n) is 3.25. The van der Waals surface area contributed by atoms with E-state index in [0.717, 1.165) is 24.8 Å². The van der Waals surface area contributed by atoms with Gasteiger partial charge in [-0.2, -0.15) is 17.5 Å². The van der Waals surface area contributed by atoms with E-state index in [0.29, 0.717) is 18.5 Å². The average Bonchev–Trinajstić information content (AvgIpc) is 2.76. The molecule has 1 unspecified atom stereocenters. The summed E-state index contributed by atoms with van der Waals surface area (Å²) in [4.78, 5) is 0. The summed E-state index contributed by atoms with van der Waals surface area (Å²) in [6.45, 7) is 0.421. The largest absolute Gasteiger partial charge is 0.416 e. The summed E-state index contributed by atoms with van der Waals surface area (Å²) >= 11 is 0. The quantitative estimate of drug-likeness (QED) is 0.841. The van der Waals surface area contributed by atoms with Crippen LogP contribution in [0.15, 0.2) is 24.3 Å². The van der Waals surface area contributed by atoms with Gasteiger partial charge >= 0.3 is 6.18 Å². The van der Waals surface area contributed by atoms with E-state index in [1.807, 2.05) is 0 Å². The van der Waals surface area contributed by atoms with E-state index in [1.165, 1.54) is 16.4 Å². The van der Waals surface area contributed by atoms with Crippen LogP contribution >= 0.6 is 0 Å². The molecule has 2 rings (SSSR count). The monoisotopic (exact) mass is 293 g/mol. The average molecular weight is 293 g/mol. The molecule has 1 atom stereocenters. The molecule has 0 amide bonds. The second-order valence-corrected chi connectivity index (χ2v) is 6.59. The smallest absolute Gasteiger partial charge is 0.212 e. The lowest BCUT2D eigenvalue weighted by Gasteiger charge is -2.22. The third kappa shape index (κ3) is 3.09. The van der Waals surface area contributed by atoms with Gasteiger partial charge in [0.15, 0.2) is 0 Å². The number of sulfonamides is 1.